The second kappa shape index (κ2) is 4.93. The monoisotopic (exact) mass is 273 g/mol. The van der Waals surface area contributed by atoms with Crippen molar-refractivity contribution in [3.8, 4) is 0 Å². The molecule has 0 amide bonds. The van der Waals surface area contributed by atoms with E-state index in [1.807, 2.05) is 0 Å². The Balaban J connectivity index is 1.83. The molecule has 3 aromatic rings. The maximum Gasteiger partial charge on any atom is 0.138 e. The van der Waals surface area contributed by atoms with Gasteiger partial charge in [-0.2, -0.15) is 0 Å². The van der Waals surface area contributed by atoms with Crippen molar-refractivity contribution in [1.82, 2.24) is 9.97 Å². The lowest BCUT2D eigenvalue weighted by atomic mass is 10.2. The minimum absolute atomic E-state index is 0.221. The molecule has 0 bridgehead atoms. The summed E-state index contributed by atoms with van der Waals surface area (Å²) in [4.78, 5) is 10.7. The first kappa shape index (κ1) is 12.0. The zero-order chi connectivity index (χ0) is 13.2. The van der Waals surface area contributed by atoms with Gasteiger partial charge < -0.3 is 5.32 Å². The van der Waals surface area contributed by atoms with Crippen molar-refractivity contribution in [2.75, 3.05) is 5.32 Å². The molecule has 5 heteroatoms. The van der Waals surface area contributed by atoms with E-state index in [1.165, 1.54) is 17.0 Å². The van der Waals surface area contributed by atoms with Crippen LogP contribution in [-0.2, 0) is 6.54 Å². The van der Waals surface area contributed by atoms with E-state index in [0.717, 1.165) is 21.6 Å². The highest BCUT2D eigenvalue weighted by Gasteiger charge is 2.06. The SMILES string of the molecule is Cc1cc2c(NCc3ccc(F)cc3)ncnc2s1. The standard InChI is InChI=1S/C14H12FN3S/c1-9-6-12-13(17-8-18-14(12)19-9)16-7-10-2-4-11(15)5-3-10/h2-6,8H,7H2,1H3,(H,16,17,18). The van der Waals surface area contributed by atoms with Crippen molar-refractivity contribution in [3.05, 3.63) is 52.9 Å². The maximum atomic E-state index is 12.8. The summed E-state index contributed by atoms with van der Waals surface area (Å²) in [5, 5.41) is 4.30. The van der Waals surface area contributed by atoms with Crippen LogP contribution < -0.4 is 5.32 Å². The van der Waals surface area contributed by atoms with Crippen LogP contribution in [0.5, 0.6) is 0 Å². The lowest BCUT2D eigenvalue weighted by molar-refractivity contribution is 0.627. The fraction of sp³-hybridized carbons (Fsp3) is 0.143. The number of aryl methyl sites for hydroxylation is 1. The van der Waals surface area contributed by atoms with Crippen LogP contribution in [0.4, 0.5) is 10.2 Å². The Hall–Kier alpha value is -2.01. The summed E-state index contributed by atoms with van der Waals surface area (Å²) in [6, 6.07) is 8.52. The highest BCUT2D eigenvalue weighted by Crippen LogP contribution is 2.27. The molecule has 2 aromatic heterocycles. The molecule has 0 unspecified atom stereocenters. The third-order valence-corrected chi connectivity index (χ3v) is 3.78. The molecule has 0 atom stereocenters. The molecule has 0 aliphatic heterocycles. The molecule has 0 saturated heterocycles. The van der Waals surface area contributed by atoms with Crippen LogP contribution in [0.3, 0.4) is 0 Å². The molecule has 1 aromatic carbocycles. The van der Waals surface area contributed by atoms with Crippen LogP contribution in [0.2, 0.25) is 0 Å². The van der Waals surface area contributed by atoms with E-state index >= 15 is 0 Å². The third kappa shape index (κ3) is 2.56. The average Bonchev–Trinajstić information content (AvgIpc) is 2.79. The van der Waals surface area contributed by atoms with Crippen LogP contribution >= 0.6 is 11.3 Å². The summed E-state index contributed by atoms with van der Waals surface area (Å²) in [5.41, 5.74) is 1.01. The van der Waals surface area contributed by atoms with Gasteiger partial charge in [-0.3, -0.25) is 0 Å². The number of hydrogen-bond donors (Lipinski definition) is 1. The second-order valence-corrected chi connectivity index (χ2v) is 5.51. The highest BCUT2D eigenvalue weighted by molar-refractivity contribution is 7.18. The van der Waals surface area contributed by atoms with Crippen LogP contribution in [0.1, 0.15) is 10.4 Å². The Morgan fingerprint density at radius 2 is 2.00 bits per heavy atom. The summed E-state index contributed by atoms with van der Waals surface area (Å²) in [5.74, 6) is 0.598. The number of rotatable bonds is 3. The quantitative estimate of drug-likeness (QED) is 0.789. The molecule has 0 spiro atoms. The summed E-state index contributed by atoms with van der Waals surface area (Å²) in [6.07, 6.45) is 1.56. The van der Waals surface area contributed by atoms with Gasteiger partial charge in [-0.05, 0) is 30.7 Å². The van der Waals surface area contributed by atoms with Crippen molar-refractivity contribution in [2.24, 2.45) is 0 Å². The van der Waals surface area contributed by atoms with Gasteiger partial charge in [-0.25, -0.2) is 14.4 Å². The van der Waals surface area contributed by atoms with Crippen molar-refractivity contribution in [2.45, 2.75) is 13.5 Å². The van der Waals surface area contributed by atoms with Gasteiger partial charge in [0.05, 0.1) is 5.39 Å². The number of anilines is 1. The molecule has 3 rings (SSSR count). The number of thiophene rings is 1. The number of nitrogens with one attached hydrogen (secondary N) is 1. The van der Waals surface area contributed by atoms with E-state index < -0.39 is 0 Å². The van der Waals surface area contributed by atoms with E-state index in [4.69, 9.17) is 0 Å². The topological polar surface area (TPSA) is 37.8 Å². The van der Waals surface area contributed by atoms with Crippen molar-refractivity contribution >= 4 is 27.4 Å². The Morgan fingerprint density at radius 3 is 2.79 bits per heavy atom. The second-order valence-electron chi connectivity index (χ2n) is 4.28. The smallest absolute Gasteiger partial charge is 0.138 e. The third-order valence-electron chi connectivity index (χ3n) is 2.83. The number of halogens is 1. The molecule has 2 heterocycles. The fourth-order valence-corrected chi connectivity index (χ4v) is 2.75. The van der Waals surface area contributed by atoms with Crippen molar-refractivity contribution in [1.29, 1.82) is 0 Å². The summed E-state index contributed by atoms with van der Waals surface area (Å²) in [6.45, 7) is 2.66. The Labute approximate surface area is 114 Å². The van der Waals surface area contributed by atoms with Gasteiger partial charge in [0.15, 0.2) is 0 Å². The van der Waals surface area contributed by atoms with Crippen molar-refractivity contribution < 1.29 is 4.39 Å². The number of fused-ring (bicyclic) bond motifs is 1. The first-order chi connectivity index (χ1) is 9.22. The summed E-state index contributed by atoms with van der Waals surface area (Å²) >= 11 is 1.65. The van der Waals surface area contributed by atoms with Gasteiger partial charge >= 0.3 is 0 Å². The van der Waals surface area contributed by atoms with Gasteiger partial charge in [0.2, 0.25) is 0 Å². The zero-order valence-corrected chi connectivity index (χ0v) is 11.2. The average molecular weight is 273 g/mol. The van der Waals surface area contributed by atoms with E-state index in [9.17, 15) is 4.39 Å². The zero-order valence-electron chi connectivity index (χ0n) is 10.4. The molecule has 0 aliphatic rings. The largest absolute Gasteiger partial charge is 0.365 e. The fourth-order valence-electron chi connectivity index (χ4n) is 1.90. The predicted molar refractivity (Wildman–Crippen MR) is 75.9 cm³/mol. The Bertz CT molecular complexity index is 706. The molecule has 1 N–H and O–H groups in total. The normalized spacial score (nSPS) is 10.8. The van der Waals surface area contributed by atoms with E-state index in [0.29, 0.717) is 6.54 Å². The first-order valence-corrected chi connectivity index (χ1v) is 6.73. The van der Waals surface area contributed by atoms with Gasteiger partial charge in [-0.15, -0.1) is 11.3 Å². The van der Waals surface area contributed by atoms with Gasteiger partial charge in [-0.1, -0.05) is 12.1 Å². The number of nitrogens with zero attached hydrogens (tertiary/aromatic N) is 2. The van der Waals surface area contributed by atoms with Crippen LogP contribution in [0.25, 0.3) is 10.2 Å². The van der Waals surface area contributed by atoms with Crippen LogP contribution in [0.15, 0.2) is 36.7 Å². The number of aromatic nitrogens is 2. The summed E-state index contributed by atoms with van der Waals surface area (Å²) in [7, 11) is 0. The number of benzene rings is 1. The van der Waals surface area contributed by atoms with Gasteiger partial charge in [0.25, 0.3) is 0 Å². The van der Waals surface area contributed by atoms with E-state index in [1.54, 1.807) is 29.8 Å². The van der Waals surface area contributed by atoms with E-state index in [-0.39, 0.29) is 5.82 Å². The van der Waals surface area contributed by atoms with Crippen LogP contribution in [-0.4, -0.2) is 9.97 Å². The summed E-state index contributed by atoms with van der Waals surface area (Å²) < 4.78 is 12.8. The molecule has 0 radical (unpaired) electrons. The molecule has 0 fully saturated rings. The molecule has 0 saturated carbocycles. The van der Waals surface area contributed by atoms with Crippen LogP contribution in [0, 0.1) is 12.7 Å². The lowest BCUT2D eigenvalue weighted by Crippen LogP contribution is -2.01. The molecular weight excluding hydrogens is 261 g/mol. The van der Waals surface area contributed by atoms with Gasteiger partial charge in [0.1, 0.15) is 22.8 Å². The predicted octanol–water partition coefficient (Wildman–Crippen LogP) is 3.75. The van der Waals surface area contributed by atoms with Crippen molar-refractivity contribution in [3.63, 3.8) is 0 Å². The maximum absolute atomic E-state index is 12.8. The van der Waals surface area contributed by atoms with Gasteiger partial charge in [0, 0.05) is 11.4 Å². The Kier molecular flexibility index (Phi) is 3.13. The first-order valence-electron chi connectivity index (χ1n) is 5.92. The highest BCUT2D eigenvalue weighted by atomic mass is 32.1. The molecule has 96 valence electrons. The number of hydrogen-bond acceptors (Lipinski definition) is 4. The Morgan fingerprint density at radius 1 is 1.21 bits per heavy atom. The molecule has 0 aliphatic carbocycles. The minimum atomic E-state index is -0.221. The molecule has 3 nitrogen and oxygen atoms in total. The molecule has 19 heavy (non-hydrogen) atoms. The lowest BCUT2D eigenvalue weighted by Gasteiger charge is -2.06. The van der Waals surface area contributed by atoms with E-state index in [2.05, 4.69) is 28.3 Å². The minimum Gasteiger partial charge on any atom is -0.365 e. The molecular formula is C14H12FN3S.